The predicted molar refractivity (Wildman–Crippen MR) is 116 cm³/mol. The molecule has 4 rings (SSSR count). The van der Waals surface area contributed by atoms with Gasteiger partial charge >= 0.3 is 5.97 Å². The first kappa shape index (κ1) is 18.7. The fourth-order valence-electron chi connectivity index (χ4n) is 3.75. The first-order valence-electron chi connectivity index (χ1n) is 9.41. The Kier molecular flexibility index (Phi) is 5.45. The Morgan fingerprint density at radius 2 is 1.64 bits per heavy atom. The van der Waals surface area contributed by atoms with Gasteiger partial charge in [0.05, 0.1) is 5.41 Å². The van der Waals surface area contributed by atoms with Crippen LogP contribution in [0, 0.1) is 5.41 Å². The molecule has 1 aliphatic rings. The molecule has 1 atom stereocenters. The number of rotatable bonds is 5. The van der Waals surface area contributed by atoms with E-state index in [2.05, 4.69) is 52.3 Å². The van der Waals surface area contributed by atoms with Crippen molar-refractivity contribution < 1.29 is 9.53 Å². The number of allylic oxidation sites excluding steroid dienone is 1. The van der Waals surface area contributed by atoms with Gasteiger partial charge in [-0.05, 0) is 48.1 Å². The van der Waals surface area contributed by atoms with Gasteiger partial charge in [-0.15, -0.1) is 0 Å². The monoisotopic (exact) mass is 432 g/mol. The number of fused-ring (bicyclic) bond motifs is 1. The van der Waals surface area contributed by atoms with Crippen molar-refractivity contribution in [3.05, 3.63) is 106 Å². The highest BCUT2D eigenvalue weighted by Crippen LogP contribution is 2.41. The molecule has 140 valence electrons. The summed E-state index contributed by atoms with van der Waals surface area (Å²) in [5.74, 6) is 0.530. The molecule has 3 aromatic carbocycles. The van der Waals surface area contributed by atoms with Crippen LogP contribution < -0.4 is 4.74 Å². The predicted octanol–water partition coefficient (Wildman–Crippen LogP) is 6.24. The smallest absolute Gasteiger partial charge is 0.318 e. The molecule has 0 aliphatic carbocycles. The van der Waals surface area contributed by atoms with Crippen molar-refractivity contribution in [3.63, 3.8) is 0 Å². The van der Waals surface area contributed by atoms with Crippen LogP contribution in [0.4, 0.5) is 0 Å². The van der Waals surface area contributed by atoms with Gasteiger partial charge in [0.15, 0.2) is 0 Å². The summed E-state index contributed by atoms with van der Waals surface area (Å²) < 4.78 is 6.80. The third-order valence-corrected chi connectivity index (χ3v) is 6.02. The third-order valence-electron chi connectivity index (χ3n) is 5.24. The second kappa shape index (κ2) is 8.15. The number of halogens is 1. The molecule has 28 heavy (non-hydrogen) atoms. The van der Waals surface area contributed by atoms with Crippen LogP contribution in [0.3, 0.4) is 0 Å². The lowest BCUT2D eigenvalue weighted by atomic mass is 9.72. The summed E-state index contributed by atoms with van der Waals surface area (Å²) in [5.41, 5.74) is 2.71. The molecule has 0 bridgehead atoms. The van der Waals surface area contributed by atoms with E-state index in [9.17, 15) is 4.79 Å². The van der Waals surface area contributed by atoms with Crippen molar-refractivity contribution >= 4 is 28.0 Å². The lowest BCUT2D eigenvalue weighted by Crippen LogP contribution is -2.42. The summed E-state index contributed by atoms with van der Waals surface area (Å²) in [6.07, 6.45) is 6.09. The van der Waals surface area contributed by atoms with E-state index in [0.717, 1.165) is 21.2 Å². The van der Waals surface area contributed by atoms with Crippen molar-refractivity contribution in [1.82, 2.24) is 0 Å². The quantitative estimate of drug-likeness (QED) is 0.352. The molecule has 3 heteroatoms. The van der Waals surface area contributed by atoms with E-state index in [-0.39, 0.29) is 5.97 Å². The highest BCUT2D eigenvalue weighted by molar-refractivity contribution is 9.10. The van der Waals surface area contributed by atoms with Crippen molar-refractivity contribution in [3.8, 4) is 5.75 Å². The van der Waals surface area contributed by atoms with Crippen LogP contribution in [-0.4, -0.2) is 5.97 Å². The molecular formula is C25H21BrO2. The second-order valence-electron chi connectivity index (χ2n) is 7.24. The number of para-hydroxylation sites is 1. The normalized spacial score (nSPS) is 18.7. The minimum atomic E-state index is -0.622. The topological polar surface area (TPSA) is 26.3 Å². The number of hydrogen-bond acceptors (Lipinski definition) is 2. The van der Waals surface area contributed by atoms with E-state index in [1.165, 1.54) is 0 Å². The molecule has 2 nitrogen and oxygen atoms in total. The van der Waals surface area contributed by atoms with Gasteiger partial charge in [0.2, 0.25) is 0 Å². The van der Waals surface area contributed by atoms with E-state index in [0.29, 0.717) is 25.0 Å². The van der Waals surface area contributed by atoms with Crippen molar-refractivity contribution in [2.75, 3.05) is 0 Å². The number of carbonyl (C=O) groups excluding carboxylic acids is 1. The van der Waals surface area contributed by atoms with E-state index in [1.807, 2.05) is 54.6 Å². The fourth-order valence-corrected chi connectivity index (χ4v) is 4.17. The van der Waals surface area contributed by atoms with E-state index in [1.54, 1.807) is 0 Å². The Morgan fingerprint density at radius 1 is 0.929 bits per heavy atom. The molecule has 0 saturated carbocycles. The van der Waals surface area contributed by atoms with Crippen LogP contribution in [0.15, 0.2) is 89.4 Å². The van der Waals surface area contributed by atoms with Crippen LogP contribution >= 0.6 is 15.9 Å². The maximum Gasteiger partial charge on any atom is 0.318 e. The molecule has 1 aliphatic heterocycles. The number of benzene rings is 3. The largest absolute Gasteiger partial charge is 0.426 e. The van der Waals surface area contributed by atoms with Gasteiger partial charge in [-0.1, -0.05) is 94.8 Å². The van der Waals surface area contributed by atoms with Crippen LogP contribution in [0.1, 0.15) is 23.1 Å². The molecule has 0 spiro atoms. The summed E-state index contributed by atoms with van der Waals surface area (Å²) in [6, 6.07) is 26.1. The molecule has 1 heterocycles. The van der Waals surface area contributed by atoms with E-state index < -0.39 is 5.41 Å². The van der Waals surface area contributed by atoms with Crippen LogP contribution in [0.2, 0.25) is 0 Å². The minimum absolute atomic E-state index is 0.153. The Hall–Kier alpha value is -2.65. The number of carbonyl (C=O) groups is 1. The first-order valence-corrected chi connectivity index (χ1v) is 10.2. The number of hydrogen-bond donors (Lipinski definition) is 0. The van der Waals surface area contributed by atoms with Gasteiger partial charge in [0.1, 0.15) is 5.75 Å². The van der Waals surface area contributed by atoms with Gasteiger partial charge in [-0.25, -0.2) is 0 Å². The molecule has 0 amide bonds. The standard InChI is InChI=1S/C25H21BrO2/c26-22-14-6-4-12-20(22)17-25(16-8-11-19-9-2-1-3-10-19)18-21-13-5-7-15-23(21)28-24(25)27/h1-15H,16-18H2/b11-8+/t25-/m0/s1. The molecular weight excluding hydrogens is 412 g/mol. The van der Waals surface area contributed by atoms with Gasteiger partial charge in [0.25, 0.3) is 0 Å². The SMILES string of the molecule is O=C1Oc2ccccc2C[C@]1(C/C=C/c1ccccc1)Cc1ccccc1Br. The molecule has 0 N–H and O–H groups in total. The lowest BCUT2D eigenvalue weighted by molar-refractivity contribution is -0.147. The number of ether oxygens (including phenoxy) is 1. The zero-order valence-corrected chi connectivity index (χ0v) is 17.1. The van der Waals surface area contributed by atoms with Gasteiger partial charge in [0, 0.05) is 4.47 Å². The molecule has 3 aromatic rings. The summed E-state index contributed by atoms with van der Waals surface area (Å²) in [7, 11) is 0. The Labute approximate surface area is 174 Å². The average Bonchev–Trinajstić information content (AvgIpc) is 2.71. The average molecular weight is 433 g/mol. The summed E-state index contributed by atoms with van der Waals surface area (Å²) >= 11 is 3.63. The van der Waals surface area contributed by atoms with E-state index >= 15 is 0 Å². The maximum atomic E-state index is 13.2. The summed E-state index contributed by atoms with van der Waals surface area (Å²) in [5, 5.41) is 0. The van der Waals surface area contributed by atoms with Crippen LogP contribution in [-0.2, 0) is 17.6 Å². The highest BCUT2D eigenvalue weighted by Gasteiger charge is 2.43. The molecule has 0 radical (unpaired) electrons. The van der Waals surface area contributed by atoms with Crippen molar-refractivity contribution in [2.45, 2.75) is 19.3 Å². The minimum Gasteiger partial charge on any atom is -0.426 e. The van der Waals surface area contributed by atoms with Crippen LogP contribution in [0.5, 0.6) is 5.75 Å². The van der Waals surface area contributed by atoms with Crippen molar-refractivity contribution in [1.29, 1.82) is 0 Å². The lowest BCUT2D eigenvalue weighted by Gasteiger charge is -2.35. The van der Waals surface area contributed by atoms with Gasteiger partial charge < -0.3 is 4.74 Å². The molecule has 0 aromatic heterocycles. The molecule has 0 saturated heterocycles. The molecule has 0 fully saturated rings. The van der Waals surface area contributed by atoms with Gasteiger partial charge in [-0.2, -0.15) is 0 Å². The summed E-state index contributed by atoms with van der Waals surface area (Å²) in [6.45, 7) is 0. The zero-order chi connectivity index (χ0) is 19.4. The Morgan fingerprint density at radius 3 is 2.46 bits per heavy atom. The maximum absolute atomic E-state index is 13.2. The Bertz CT molecular complexity index is 1010. The second-order valence-corrected chi connectivity index (χ2v) is 8.09. The third kappa shape index (κ3) is 3.95. The highest BCUT2D eigenvalue weighted by atomic mass is 79.9. The van der Waals surface area contributed by atoms with Gasteiger partial charge in [-0.3, -0.25) is 4.79 Å². The fraction of sp³-hybridized carbons (Fsp3) is 0.160. The Balaban J connectivity index is 1.68. The van der Waals surface area contributed by atoms with Crippen LogP contribution in [0.25, 0.3) is 6.08 Å². The van der Waals surface area contributed by atoms with Crippen molar-refractivity contribution in [2.24, 2.45) is 5.41 Å². The summed E-state index contributed by atoms with van der Waals surface area (Å²) in [4.78, 5) is 13.2. The number of esters is 1. The first-order chi connectivity index (χ1) is 13.7. The zero-order valence-electron chi connectivity index (χ0n) is 15.5. The van der Waals surface area contributed by atoms with E-state index in [4.69, 9.17) is 4.74 Å². The molecule has 0 unspecified atom stereocenters.